The van der Waals surface area contributed by atoms with E-state index >= 15 is 0 Å². The molecule has 0 unspecified atom stereocenters. The summed E-state index contributed by atoms with van der Waals surface area (Å²) in [5.74, 6) is -3.05. The SMILES string of the molecule is CC[C@H](OC(=O)CN1C(=O)C(=O)c2ccccc21)C(=O)Nc1ccc(S(N)(=O)=O)cc1. The van der Waals surface area contributed by atoms with E-state index in [0.29, 0.717) is 5.69 Å². The Kier molecular flexibility index (Phi) is 6.18. The Morgan fingerprint density at radius 1 is 1.10 bits per heavy atom. The molecule has 3 rings (SSSR count). The number of amides is 2. The number of hydrogen-bond acceptors (Lipinski definition) is 7. The predicted molar refractivity (Wildman–Crippen MR) is 110 cm³/mol. The van der Waals surface area contributed by atoms with E-state index in [9.17, 15) is 27.6 Å². The molecule has 1 aliphatic heterocycles. The number of primary sulfonamides is 1. The molecule has 0 spiro atoms. The van der Waals surface area contributed by atoms with Crippen molar-refractivity contribution >= 4 is 45.0 Å². The predicted octanol–water partition coefficient (Wildman–Crippen LogP) is 0.824. The maximum Gasteiger partial charge on any atom is 0.326 e. The van der Waals surface area contributed by atoms with Crippen LogP contribution in [-0.4, -0.2) is 44.6 Å². The molecule has 11 heteroatoms. The first-order chi connectivity index (χ1) is 14.6. The monoisotopic (exact) mass is 445 g/mol. The number of anilines is 2. The third-order valence-corrected chi connectivity index (χ3v) is 5.48. The minimum absolute atomic E-state index is 0.117. The first-order valence-electron chi connectivity index (χ1n) is 9.20. The minimum atomic E-state index is -3.86. The Morgan fingerprint density at radius 3 is 2.35 bits per heavy atom. The van der Waals surface area contributed by atoms with Crippen LogP contribution in [0.3, 0.4) is 0 Å². The number of nitrogens with one attached hydrogen (secondary N) is 1. The molecule has 0 radical (unpaired) electrons. The highest BCUT2D eigenvalue weighted by Crippen LogP contribution is 2.28. The van der Waals surface area contributed by atoms with Gasteiger partial charge in [0, 0.05) is 5.69 Å². The Morgan fingerprint density at radius 2 is 1.74 bits per heavy atom. The number of nitrogens with zero attached hydrogens (tertiary/aromatic N) is 1. The van der Waals surface area contributed by atoms with E-state index in [1.54, 1.807) is 25.1 Å². The number of benzene rings is 2. The number of esters is 1. The third kappa shape index (κ3) is 4.78. The molecule has 31 heavy (non-hydrogen) atoms. The average molecular weight is 445 g/mol. The molecule has 2 amide bonds. The molecular weight excluding hydrogens is 426 g/mol. The second-order valence-corrected chi connectivity index (χ2v) is 8.24. The second kappa shape index (κ2) is 8.66. The van der Waals surface area contributed by atoms with Crippen LogP contribution in [0, 0.1) is 0 Å². The van der Waals surface area contributed by atoms with Crippen LogP contribution in [0.5, 0.6) is 0 Å². The van der Waals surface area contributed by atoms with Gasteiger partial charge < -0.3 is 10.1 Å². The number of sulfonamides is 1. The van der Waals surface area contributed by atoms with E-state index in [0.717, 1.165) is 4.90 Å². The number of hydrogen-bond donors (Lipinski definition) is 2. The Bertz CT molecular complexity index is 1160. The quantitative estimate of drug-likeness (QED) is 0.473. The number of Topliss-reactive ketones (excluding diaryl/α,β-unsaturated/α-hetero) is 1. The standard InChI is InChI=1S/C20H19N3O7S/c1-2-16(19(26)22-12-7-9-13(10-8-12)31(21,28)29)30-17(24)11-23-15-6-4-3-5-14(15)18(25)20(23)27/h3-10,16H,2,11H2,1H3,(H,22,26)(H2,21,28,29)/t16-/m0/s1. The van der Waals surface area contributed by atoms with Gasteiger partial charge in [0.2, 0.25) is 10.0 Å². The topological polar surface area (TPSA) is 153 Å². The van der Waals surface area contributed by atoms with Crippen molar-refractivity contribution in [1.29, 1.82) is 0 Å². The van der Waals surface area contributed by atoms with E-state index in [1.165, 1.54) is 30.3 Å². The Balaban J connectivity index is 1.64. The van der Waals surface area contributed by atoms with Crippen molar-refractivity contribution in [3.63, 3.8) is 0 Å². The first kappa shape index (κ1) is 22.1. The fourth-order valence-electron chi connectivity index (χ4n) is 3.00. The van der Waals surface area contributed by atoms with E-state index < -0.39 is 46.2 Å². The fraction of sp³-hybridized carbons (Fsp3) is 0.200. The number of rotatable bonds is 7. The normalized spacial score (nSPS) is 14.2. The van der Waals surface area contributed by atoms with Gasteiger partial charge in [-0.15, -0.1) is 0 Å². The lowest BCUT2D eigenvalue weighted by molar-refractivity contribution is -0.153. The van der Waals surface area contributed by atoms with Gasteiger partial charge in [0.05, 0.1) is 16.1 Å². The molecule has 162 valence electrons. The highest BCUT2D eigenvalue weighted by molar-refractivity contribution is 7.89. The smallest absolute Gasteiger partial charge is 0.326 e. The summed E-state index contributed by atoms with van der Waals surface area (Å²) in [5, 5.41) is 7.54. The van der Waals surface area contributed by atoms with Crippen molar-refractivity contribution in [3.05, 3.63) is 54.1 Å². The van der Waals surface area contributed by atoms with Crippen LogP contribution in [0.15, 0.2) is 53.4 Å². The number of carbonyl (C=O) groups excluding carboxylic acids is 4. The molecule has 0 fully saturated rings. The third-order valence-electron chi connectivity index (χ3n) is 4.55. The summed E-state index contributed by atoms with van der Waals surface area (Å²) in [6.07, 6.45) is -1.01. The van der Waals surface area contributed by atoms with Crippen LogP contribution in [0.1, 0.15) is 23.7 Å². The largest absolute Gasteiger partial charge is 0.451 e. The van der Waals surface area contributed by atoms with E-state index in [2.05, 4.69) is 5.32 Å². The molecule has 0 aliphatic carbocycles. The van der Waals surface area contributed by atoms with Crippen molar-refractivity contribution in [2.24, 2.45) is 5.14 Å². The first-order valence-corrected chi connectivity index (χ1v) is 10.7. The second-order valence-electron chi connectivity index (χ2n) is 6.68. The highest BCUT2D eigenvalue weighted by atomic mass is 32.2. The van der Waals surface area contributed by atoms with Gasteiger partial charge in [0.15, 0.2) is 6.10 Å². The van der Waals surface area contributed by atoms with Gasteiger partial charge >= 0.3 is 5.97 Å². The molecule has 2 aromatic carbocycles. The zero-order valence-corrected chi connectivity index (χ0v) is 17.2. The zero-order valence-electron chi connectivity index (χ0n) is 16.4. The van der Waals surface area contributed by atoms with Crippen molar-refractivity contribution in [1.82, 2.24) is 0 Å². The van der Waals surface area contributed by atoms with Crippen LogP contribution < -0.4 is 15.4 Å². The number of ether oxygens (including phenoxy) is 1. The van der Waals surface area contributed by atoms with Gasteiger partial charge in [-0.05, 0) is 42.8 Å². The van der Waals surface area contributed by atoms with E-state index in [1.807, 2.05) is 0 Å². The van der Waals surface area contributed by atoms with Gasteiger partial charge in [0.25, 0.3) is 17.6 Å². The Labute approximate surface area is 178 Å². The Hall–Kier alpha value is -3.57. The molecule has 0 bridgehead atoms. The van der Waals surface area contributed by atoms with Crippen molar-refractivity contribution in [3.8, 4) is 0 Å². The molecule has 0 aromatic heterocycles. The molecule has 2 aromatic rings. The number of para-hydroxylation sites is 1. The van der Waals surface area contributed by atoms with Crippen molar-refractivity contribution < 1.29 is 32.3 Å². The van der Waals surface area contributed by atoms with Crippen molar-refractivity contribution in [2.75, 3.05) is 16.8 Å². The maximum absolute atomic E-state index is 12.4. The van der Waals surface area contributed by atoms with E-state index in [-0.39, 0.29) is 22.6 Å². The summed E-state index contributed by atoms with van der Waals surface area (Å²) < 4.78 is 27.8. The number of carbonyl (C=O) groups is 4. The lowest BCUT2D eigenvalue weighted by atomic mass is 10.1. The summed E-state index contributed by atoms with van der Waals surface area (Å²) in [4.78, 5) is 49.9. The van der Waals surface area contributed by atoms with Crippen LogP contribution in [0.2, 0.25) is 0 Å². The fourth-order valence-corrected chi connectivity index (χ4v) is 3.52. The molecule has 0 saturated carbocycles. The van der Waals surface area contributed by atoms with Gasteiger partial charge in [-0.1, -0.05) is 19.1 Å². The molecule has 3 N–H and O–H groups in total. The molecule has 1 aliphatic rings. The lowest BCUT2D eigenvalue weighted by Crippen LogP contribution is -2.39. The molecule has 0 saturated heterocycles. The zero-order chi connectivity index (χ0) is 22.8. The summed E-state index contributed by atoms with van der Waals surface area (Å²) in [7, 11) is -3.86. The van der Waals surface area contributed by atoms with Crippen LogP contribution >= 0.6 is 0 Å². The maximum atomic E-state index is 12.4. The van der Waals surface area contributed by atoms with Crippen LogP contribution in [0.4, 0.5) is 11.4 Å². The summed E-state index contributed by atoms with van der Waals surface area (Å²) in [6, 6.07) is 11.4. The average Bonchev–Trinajstić information content (AvgIpc) is 2.96. The summed E-state index contributed by atoms with van der Waals surface area (Å²) in [5.41, 5.74) is 0.788. The highest BCUT2D eigenvalue weighted by Gasteiger charge is 2.37. The van der Waals surface area contributed by atoms with Gasteiger partial charge in [-0.25, -0.2) is 13.6 Å². The number of ketones is 1. The number of fused-ring (bicyclic) bond motifs is 1. The van der Waals surface area contributed by atoms with Gasteiger partial charge in [-0.3, -0.25) is 24.1 Å². The molecule has 10 nitrogen and oxygen atoms in total. The van der Waals surface area contributed by atoms with E-state index in [4.69, 9.17) is 9.88 Å². The van der Waals surface area contributed by atoms with Crippen molar-refractivity contribution in [2.45, 2.75) is 24.3 Å². The van der Waals surface area contributed by atoms with Crippen LogP contribution in [-0.2, 0) is 29.1 Å². The lowest BCUT2D eigenvalue weighted by Gasteiger charge is -2.19. The summed E-state index contributed by atoms with van der Waals surface area (Å²) >= 11 is 0. The van der Waals surface area contributed by atoms with Gasteiger partial charge in [-0.2, -0.15) is 0 Å². The molecular formula is C20H19N3O7S. The van der Waals surface area contributed by atoms with Crippen LogP contribution in [0.25, 0.3) is 0 Å². The molecule has 1 heterocycles. The van der Waals surface area contributed by atoms with Gasteiger partial charge in [0.1, 0.15) is 6.54 Å². The molecule has 1 atom stereocenters. The minimum Gasteiger partial charge on any atom is -0.451 e. The number of nitrogens with two attached hydrogens (primary N) is 1. The summed E-state index contributed by atoms with van der Waals surface area (Å²) in [6.45, 7) is 1.11.